The molecule has 0 spiro atoms. The van der Waals surface area contributed by atoms with Crippen LogP contribution in [-0.2, 0) is 0 Å². The Hall–Kier alpha value is -2.37. The van der Waals surface area contributed by atoms with Crippen molar-refractivity contribution in [1.82, 2.24) is 4.90 Å². The van der Waals surface area contributed by atoms with Crippen LogP contribution in [0.2, 0.25) is 0 Å². The van der Waals surface area contributed by atoms with Gasteiger partial charge in [-0.1, -0.05) is 17.7 Å². The van der Waals surface area contributed by atoms with Crippen LogP contribution in [0.4, 0.5) is 5.69 Å². The van der Waals surface area contributed by atoms with E-state index < -0.39 is 6.10 Å². The number of ether oxygens (including phenoxy) is 1. The Morgan fingerprint density at radius 2 is 1.84 bits per heavy atom. The Morgan fingerprint density at radius 3 is 2.48 bits per heavy atom. The van der Waals surface area contributed by atoms with E-state index in [4.69, 9.17) is 4.74 Å². The number of hydrogen-bond acceptors (Lipinski definition) is 4. The molecule has 0 fully saturated rings. The predicted octanol–water partition coefficient (Wildman–Crippen LogP) is 2.86. The molecule has 0 radical (unpaired) electrons. The maximum Gasteiger partial charge on any atom is 0.255 e. The fourth-order valence-electron chi connectivity index (χ4n) is 2.48. The largest absolute Gasteiger partial charge is 0.491 e. The van der Waals surface area contributed by atoms with Gasteiger partial charge >= 0.3 is 0 Å². The average molecular weight is 342 g/mol. The number of benzene rings is 2. The van der Waals surface area contributed by atoms with Gasteiger partial charge in [0.25, 0.3) is 5.91 Å². The first-order valence-corrected chi connectivity index (χ1v) is 8.29. The highest BCUT2D eigenvalue weighted by Crippen LogP contribution is 2.18. The molecule has 5 nitrogen and oxygen atoms in total. The SMILES string of the molecule is Cc1ccc(C)c(C(=O)Nc2ccc(OC[C@@H](O)CN(C)C)cc2)c1. The lowest BCUT2D eigenvalue weighted by molar-refractivity contribution is 0.0831. The van der Waals surface area contributed by atoms with Crippen molar-refractivity contribution >= 4 is 11.6 Å². The molecule has 0 aliphatic carbocycles. The van der Waals surface area contributed by atoms with E-state index in [1.807, 2.05) is 51.0 Å². The van der Waals surface area contributed by atoms with Crippen molar-refractivity contribution in [1.29, 1.82) is 0 Å². The number of aryl methyl sites for hydroxylation is 2. The molecule has 0 saturated heterocycles. The molecule has 1 amide bonds. The molecule has 0 unspecified atom stereocenters. The normalized spacial score (nSPS) is 12.1. The summed E-state index contributed by atoms with van der Waals surface area (Å²) in [6.07, 6.45) is -0.543. The zero-order chi connectivity index (χ0) is 18.4. The second-order valence-corrected chi connectivity index (χ2v) is 6.52. The van der Waals surface area contributed by atoms with Gasteiger partial charge in [0.1, 0.15) is 18.5 Å². The van der Waals surface area contributed by atoms with Crippen LogP contribution in [0.1, 0.15) is 21.5 Å². The van der Waals surface area contributed by atoms with Crippen LogP contribution in [0.15, 0.2) is 42.5 Å². The van der Waals surface area contributed by atoms with Crippen molar-refractivity contribution < 1.29 is 14.6 Å². The fraction of sp³-hybridized carbons (Fsp3) is 0.350. The van der Waals surface area contributed by atoms with Crippen molar-refractivity contribution in [3.05, 3.63) is 59.2 Å². The summed E-state index contributed by atoms with van der Waals surface area (Å²) in [6, 6.07) is 13.0. The summed E-state index contributed by atoms with van der Waals surface area (Å²) in [4.78, 5) is 14.3. The number of carbonyl (C=O) groups is 1. The van der Waals surface area contributed by atoms with Crippen molar-refractivity contribution in [3.63, 3.8) is 0 Å². The summed E-state index contributed by atoms with van der Waals surface area (Å²) in [7, 11) is 3.80. The first-order valence-electron chi connectivity index (χ1n) is 8.29. The van der Waals surface area contributed by atoms with Gasteiger partial charge in [-0.3, -0.25) is 4.79 Å². The third-order valence-corrected chi connectivity index (χ3v) is 3.77. The van der Waals surface area contributed by atoms with E-state index in [1.165, 1.54) is 0 Å². The Labute approximate surface area is 149 Å². The number of aliphatic hydroxyl groups is 1. The van der Waals surface area contributed by atoms with Crippen LogP contribution >= 0.6 is 0 Å². The van der Waals surface area contributed by atoms with Crippen LogP contribution in [0.3, 0.4) is 0 Å². The molecule has 0 aliphatic heterocycles. The third kappa shape index (κ3) is 5.89. The zero-order valence-electron chi connectivity index (χ0n) is 15.2. The first kappa shape index (κ1) is 19.0. The minimum atomic E-state index is -0.543. The van der Waals surface area contributed by atoms with E-state index >= 15 is 0 Å². The summed E-state index contributed by atoms with van der Waals surface area (Å²) in [5.41, 5.74) is 3.37. The molecule has 2 aromatic carbocycles. The molecule has 0 aliphatic rings. The van der Waals surface area contributed by atoms with E-state index in [0.717, 1.165) is 11.1 Å². The van der Waals surface area contributed by atoms with Gasteiger partial charge in [0.15, 0.2) is 0 Å². The lowest BCUT2D eigenvalue weighted by Gasteiger charge is -2.16. The van der Waals surface area contributed by atoms with Crippen LogP contribution in [-0.4, -0.2) is 49.3 Å². The second-order valence-electron chi connectivity index (χ2n) is 6.52. The summed E-state index contributed by atoms with van der Waals surface area (Å²) < 4.78 is 5.56. The number of likely N-dealkylation sites (N-methyl/N-ethyl adjacent to an activating group) is 1. The van der Waals surface area contributed by atoms with Crippen molar-refractivity contribution in [3.8, 4) is 5.75 Å². The maximum absolute atomic E-state index is 12.4. The van der Waals surface area contributed by atoms with Crippen LogP contribution in [0, 0.1) is 13.8 Å². The highest BCUT2D eigenvalue weighted by atomic mass is 16.5. The molecule has 1 atom stereocenters. The van der Waals surface area contributed by atoms with Crippen molar-refractivity contribution in [2.24, 2.45) is 0 Å². The smallest absolute Gasteiger partial charge is 0.255 e. The number of amides is 1. The summed E-state index contributed by atoms with van der Waals surface area (Å²) in [5.74, 6) is 0.527. The monoisotopic (exact) mass is 342 g/mol. The Kier molecular flexibility index (Phi) is 6.56. The van der Waals surface area contributed by atoms with Gasteiger partial charge in [-0.2, -0.15) is 0 Å². The van der Waals surface area contributed by atoms with Crippen LogP contribution < -0.4 is 10.1 Å². The molecule has 134 valence electrons. The maximum atomic E-state index is 12.4. The molecule has 2 rings (SSSR count). The molecule has 25 heavy (non-hydrogen) atoms. The van der Waals surface area contributed by atoms with Gasteiger partial charge < -0.3 is 20.1 Å². The van der Waals surface area contributed by atoms with E-state index in [1.54, 1.807) is 24.3 Å². The van der Waals surface area contributed by atoms with E-state index in [-0.39, 0.29) is 12.5 Å². The predicted molar refractivity (Wildman–Crippen MR) is 100 cm³/mol. The lowest BCUT2D eigenvalue weighted by Crippen LogP contribution is -2.30. The first-order chi connectivity index (χ1) is 11.8. The molecular formula is C20H26N2O3. The molecular weight excluding hydrogens is 316 g/mol. The Balaban J connectivity index is 1.93. The van der Waals surface area contributed by atoms with Gasteiger partial charge in [-0.05, 0) is 63.8 Å². The number of aliphatic hydroxyl groups excluding tert-OH is 1. The number of rotatable bonds is 7. The van der Waals surface area contributed by atoms with E-state index in [9.17, 15) is 9.90 Å². The van der Waals surface area contributed by atoms with E-state index in [2.05, 4.69) is 5.32 Å². The molecule has 0 bridgehead atoms. The Bertz CT molecular complexity index is 711. The summed E-state index contributed by atoms with van der Waals surface area (Å²) in [5, 5.41) is 12.7. The fourth-order valence-corrected chi connectivity index (χ4v) is 2.48. The van der Waals surface area contributed by atoms with Crippen molar-refractivity contribution in [2.75, 3.05) is 32.6 Å². The zero-order valence-corrected chi connectivity index (χ0v) is 15.2. The summed E-state index contributed by atoms with van der Waals surface area (Å²) >= 11 is 0. The highest BCUT2D eigenvalue weighted by Gasteiger charge is 2.10. The van der Waals surface area contributed by atoms with Gasteiger partial charge in [0.2, 0.25) is 0 Å². The number of anilines is 1. The molecule has 0 saturated carbocycles. The standard InChI is InChI=1S/C20H26N2O3/c1-14-5-6-15(2)19(11-14)20(24)21-16-7-9-18(10-8-16)25-13-17(23)12-22(3)4/h5-11,17,23H,12-13H2,1-4H3,(H,21,24)/t17-/m0/s1. The molecule has 0 aromatic heterocycles. The number of carbonyl (C=O) groups excluding carboxylic acids is 1. The van der Waals surface area contributed by atoms with Gasteiger partial charge in [-0.15, -0.1) is 0 Å². The van der Waals surface area contributed by atoms with Crippen LogP contribution in [0.25, 0.3) is 0 Å². The minimum Gasteiger partial charge on any atom is -0.491 e. The molecule has 5 heteroatoms. The highest BCUT2D eigenvalue weighted by molar-refractivity contribution is 6.05. The topological polar surface area (TPSA) is 61.8 Å². The summed E-state index contributed by atoms with van der Waals surface area (Å²) in [6.45, 7) is 4.66. The third-order valence-electron chi connectivity index (χ3n) is 3.77. The number of nitrogens with zero attached hydrogens (tertiary/aromatic N) is 1. The quantitative estimate of drug-likeness (QED) is 0.812. The van der Waals surface area contributed by atoms with Gasteiger partial charge in [-0.25, -0.2) is 0 Å². The molecule has 0 heterocycles. The van der Waals surface area contributed by atoms with Crippen molar-refractivity contribution in [2.45, 2.75) is 20.0 Å². The van der Waals surface area contributed by atoms with Gasteiger partial charge in [0, 0.05) is 17.8 Å². The average Bonchev–Trinajstić information content (AvgIpc) is 2.55. The molecule has 2 aromatic rings. The molecule has 2 N–H and O–H groups in total. The Morgan fingerprint density at radius 1 is 1.16 bits per heavy atom. The number of nitrogens with one attached hydrogen (secondary N) is 1. The number of hydrogen-bond donors (Lipinski definition) is 2. The lowest BCUT2D eigenvalue weighted by atomic mass is 10.1. The van der Waals surface area contributed by atoms with Gasteiger partial charge in [0.05, 0.1) is 0 Å². The van der Waals surface area contributed by atoms with E-state index in [0.29, 0.717) is 23.5 Å². The second kappa shape index (κ2) is 8.65. The van der Waals surface area contributed by atoms with Crippen LogP contribution in [0.5, 0.6) is 5.75 Å². The minimum absolute atomic E-state index is 0.128.